The minimum atomic E-state index is 0.101. The largest absolute Gasteiger partial charge is 0.385 e. The molecule has 0 spiro atoms. The number of ketones is 1. The first-order chi connectivity index (χ1) is 8.84. The van der Waals surface area contributed by atoms with Gasteiger partial charge in [0.05, 0.1) is 0 Å². The van der Waals surface area contributed by atoms with Crippen molar-refractivity contribution in [1.29, 1.82) is 0 Å². The van der Waals surface area contributed by atoms with Crippen molar-refractivity contribution in [2.45, 2.75) is 12.8 Å². The van der Waals surface area contributed by atoms with Crippen molar-refractivity contribution in [3.05, 3.63) is 65.2 Å². The molecule has 0 amide bonds. The van der Waals surface area contributed by atoms with Gasteiger partial charge in [0.1, 0.15) is 0 Å². The van der Waals surface area contributed by atoms with Crippen LogP contribution in [0.3, 0.4) is 0 Å². The molecule has 0 aliphatic carbocycles. The van der Waals surface area contributed by atoms with Crippen molar-refractivity contribution in [3.63, 3.8) is 0 Å². The van der Waals surface area contributed by atoms with Crippen LogP contribution in [0.1, 0.15) is 27.9 Å². The van der Waals surface area contributed by atoms with E-state index in [0.29, 0.717) is 0 Å². The third kappa shape index (κ3) is 2.02. The third-order valence-electron chi connectivity index (χ3n) is 3.34. The van der Waals surface area contributed by atoms with Crippen molar-refractivity contribution in [1.82, 2.24) is 0 Å². The van der Waals surface area contributed by atoms with E-state index >= 15 is 0 Å². The van der Waals surface area contributed by atoms with Crippen molar-refractivity contribution in [3.8, 4) is 0 Å². The average Bonchev–Trinajstić information content (AvgIpc) is 2.47. The second kappa shape index (κ2) is 4.65. The molecule has 0 unspecified atom stereocenters. The number of hydrogen-bond acceptors (Lipinski definition) is 2. The molecule has 0 bridgehead atoms. The predicted octanol–water partition coefficient (Wildman–Crippen LogP) is 3.28. The number of carbonyl (C=O) groups is 1. The Balaban J connectivity index is 1.95. The van der Waals surface area contributed by atoms with Crippen molar-refractivity contribution in [2.75, 3.05) is 11.9 Å². The summed E-state index contributed by atoms with van der Waals surface area (Å²) in [5.41, 5.74) is 3.96. The molecule has 0 aromatic heterocycles. The molecule has 2 nitrogen and oxygen atoms in total. The van der Waals surface area contributed by atoms with Gasteiger partial charge in [-0.3, -0.25) is 4.79 Å². The number of benzene rings is 2. The highest BCUT2D eigenvalue weighted by molar-refractivity contribution is 6.09. The Kier molecular flexibility index (Phi) is 2.85. The minimum absolute atomic E-state index is 0.101. The monoisotopic (exact) mass is 237 g/mol. The number of nitrogens with one attached hydrogen (secondary N) is 1. The summed E-state index contributed by atoms with van der Waals surface area (Å²) in [4.78, 5) is 12.3. The molecule has 1 aliphatic heterocycles. The zero-order chi connectivity index (χ0) is 12.4. The van der Waals surface area contributed by atoms with E-state index in [2.05, 4.69) is 5.32 Å². The maximum Gasteiger partial charge on any atom is 0.193 e. The first kappa shape index (κ1) is 11.0. The maximum atomic E-state index is 12.3. The van der Waals surface area contributed by atoms with Gasteiger partial charge in [-0.05, 0) is 36.6 Å². The SMILES string of the molecule is O=C(c1ccccc1)c1ccc2c(c1)CCCN2. The highest BCUT2D eigenvalue weighted by Gasteiger charge is 2.13. The lowest BCUT2D eigenvalue weighted by molar-refractivity contribution is 0.103. The van der Waals surface area contributed by atoms with Crippen LogP contribution in [-0.2, 0) is 6.42 Å². The molecular formula is C16H15NO. The molecular weight excluding hydrogens is 222 g/mol. The van der Waals surface area contributed by atoms with Crippen LogP contribution in [0, 0.1) is 0 Å². The summed E-state index contributed by atoms with van der Waals surface area (Å²) in [5.74, 6) is 0.101. The summed E-state index contributed by atoms with van der Waals surface area (Å²) in [6, 6.07) is 15.4. The normalized spacial score (nSPS) is 13.6. The van der Waals surface area contributed by atoms with E-state index in [-0.39, 0.29) is 5.78 Å². The standard InChI is InChI=1S/C16H15NO/c18-16(12-5-2-1-3-6-12)14-8-9-15-13(11-14)7-4-10-17-15/h1-3,5-6,8-9,11,17H,4,7,10H2. The molecule has 0 saturated heterocycles. The molecule has 90 valence electrons. The lowest BCUT2D eigenvalue weighted by atomic mass is 9.97. The summed E-state index contributed by atoms with van der Waals surface area (Å²) >= 11 is 0. The number of anilines is 1. The van der Waals surface area contributed by atoms with Gasteiger partial charge in [-0.1, -0.05) is 30.3 Å². The van der Waals surface area contributed by atoms with Crippen molar-refractivity contribution >= 4 is 11.5 Å². The quantitative estimate of drug-likeness (QED) is 0.812. The van der Waals surface area contributed by atoms with Crippen LogP contribution in [0.4, 0.5) is 5.69 Å². The van der Waals surface area contributed by atoms with E-state index < -0.39 is 0 Å². The summed E-state index contributed by atoms with van der Waals surface area (Å²) in [5, 5.41) is 3.36. The Morgan fingerprint density at radius 3 is 2.67 bits per heavy atom. The van der Waals surface area contributed by atoms with Gasteiger partial charge >= 0.3 is 0 Å². The molecule has 1 N–H and O–H groups in total. The van der Waals surface area contributed by atoms with E-state index in [0.717, 1.165) is 30.5 Å². The zero-order valence-corrected chi connectivity index (χ0v) is 10.1. The molecule has 2 aromatic carbocycles. The molecule has 18 heavy (non-hydrogen) atoms. The Morgan fingerprint density at radius 1 is 1.00 bits per heavy atom. The van der Waals surface area contributed by atoms with E-state index in [4.69, 9.17) is 0 Å². The summed E-state index contributed by atoms with van der Waals surface area (Å²) in [7, 11) is 0. The molecule has 3 rings (SSSR count). The lowest BCUT2D eigenvalue weighted by Gasteiger charge is -2.18. The number of rotatable bonds is 2. The van der Waals surface area contributed by atoms with Crippen LogP contribution in [0.15, 0.2) is 48.5 Å². The molecule has 1 heterocycles. The van der Waals surface area contributed by atoms with Crippen molar-refractivity contribution in [2.24, 2.45) is 0 Å². The van der Waals surface area contributed by atoms with E-state index in [1.54, 1.807) is 0 Å². The van der Waals surface area contributed by atoms with Crippen LogP contribution in [0.2, 0.25) is 0 Å². The number of carbonyl (C=O) groups excluding carboxylic acids is 1. The van der Waals surface area contributed by atoms with Gasteiger partial charge in [0.25, 0.3) is 0 Å². The Bertz CT molecular complexity index is 575. The van der Waals surface area contributed by atoms with Gasteiger partial charge in [-0.25, -0.2) is 0 Å². The van der Waals surface area contributed by atoms with E-state index in [1.165, 1.54) is 11.3 Å². The van der Waals surface area contributed by atoms with Gasteiger partial charge in [-0.2, -0.15) is 0 Å². The predicted molar refractivity (Wildman–Crippen MR) is 73.1 cm³/mol. The Morgan fingerprint density at radius 2 is 1.83 bits per heavy atom. The fourth-order valence-corrected chi connectivity index (χ4v) is 2.37. The first-order valence-corrected chi connectivity index (χ1v) is 6.31. The van der Waals surface area contributed by atoms with E-state index in [9.17, 15) is 4.79 Å². The first-order valence-electron chi connectivity index (χ1n) is 6.31. The Labute approximate surface area is 107 Å². The van der Waals surface area contributed by atoms with Gasteiger partial charge in [0.15, 0.2) is 5.78 Å². The summed E-state index contributed by atoms with van der Waals surface area (Å²) in [6.45, 7) is 1.03. The van der Waals surface area contributed by atoms with Gasteiger partial charge in [-0.15, -0.1) is 0 Å². The minimum Gasteiger partial charge on any atom is -0.385 e. The van der Waals surface area contributed by atoms with Crippen LogP contribution >= 0.6 is 0 Å². The fourth-order valence-electron chi connectivity index (χ4n) is 2.37. The van der Waals surface area contributed by atoms with Crippen LogP contribution in [0.25, 0.3) is 0 Å². The lowest BCUT2D eigenvalue weighted by Crippen LogP contribution is -2.12. The highest BCUT2D eigenvalue weighted by atomic mass is 16.1. The van der Waals surface area contributed by atoms with Crippen molar-refractivity contribution < 1.29 is 4.79 Å². The van der Waals surface area contributed by atoms with Gasteiger partial charge in [0, 0.05) is 23.4 Å². The smallest absolute Gasteiger partial charge is 0.193 e. The van der Waals surface area contributed by atoms with E-state index in [1.807, 2.05) is 48.5 Å². The third-order valence-corrected chi connectivity index (χ3v) is 3.34. The van der Waals surface area contributed by atoms with Gasteiger partial charge in [0.2, 0.25) is 0 Å². The molecule has 0 radical (unpaired) electrons. The number of aryl methyl sites for hydroxylation is 1. The summed E-state index contributed by atoms with van der Waals surface area (Å²) in [6.07, 6.45) is 2.19. The second-order valence-corrected chi connectivity index (χ2v) is 4.60. The second-order valence-electron chi connectivity index (χ2n) is 4.60. The summed E-state index contributed by atoms with van der Waals surface area (Å²) < 4.78 is 0. The Hall–Kier alpha value is -2.09. The number of hydrogen-bond donors (Lipinski definition) is 1. The topological polar surface area (TPSA) is 29.1 Å². The molecule has 1 aliphatic rings. The highest BCUT2D eigenvalue weighted by Crippen LogP contribution is 2.24. The molecule has 0 atom stereocenters. The van der Waals surface area contributed by atoms with Crippen LogP contribution in [0.5, 0.6) is 0 Å². The molecule has 2 aromatic rings. The molecule has 2 heteroatoms. The zero-order valence-electron chi connectivity index (χ0n) is 10.1. The maximum absolute atomic E-state index is 12.3. The van der Waals surface area contributed by atoms with Gasteiger partial charge < -0.3 is 5.32 Å². The van der Waals surface area contributed by atoms with Crippen LogP contribution < -0.4 is 5.32 Å². The molecule has 0 saturated carbocycles. The average molecular weight is 237 g/mol. The van der Waals surface area contributed by atoms with Crippen LogP contribution in [-0.4, -0.2) is 12.3 Å². The fraction of sp³-hybridized carbons (Fsp3) is 0.188. The molecule has 0 fully saturated rings. The number of fused-ring (bicyclic) bond motifs is 1.